The number of nitrogens with two attached hydrogens (primary N) is 1. The first kappa shape index (κ1) is 16.7. The number of anilines is 2. The molecule has 1 fully saturated rings. The van der Waals surface area contributed by atoms with Crippen LogP contribution in [-0.2, 0) is 9.53 Å². The number of amides is 1. The number of hydrogen-bond acceptors (Lipinski definition) is 5. The van der Waals surface area contributed by atoms with Crippen LogP contribution in [0.3, 0.4) is 0 Å². The van der Waals surface area contributed by atoms with Gasteiger partial charge in [-0.15, -0.1) is 12.4 Å². The average Bonchev–Trinajstić information content (AvgIpc) is 2.41. The van der Waals surface area contributed by atoms with E-state index in [0.29, 0.717) is 5.69 Å². The highest BCUT2D eigenvalue weighted by Crippen LogP contribution is 2.19. The second-order valence-electron chi connectivity index (χ2n) is 4.68. The lowest BCUT2D eigenvalue weighted by atomic mass is 10.2. The number of carbonyl (C=O) groups excluding carboxylic acids is 1. The zero-order valence-electron chi connectivity index (χ0n) is 11.8. The normalized spacial score (nSPS) is 16.2. The maximum absolute atomic E-state index is 11.6. The summed E-state index contributed by atoms with van der Waals surface area (Å²) in [6, 6.07) is 3.25. The van der Waals surface area contributed by atoms with Crippen LogP contribution in [0.4, 0.5) is 11.5 Å². The van der Waals surface area contributed by atoms with Crippen LogP contribution in [0.15, 0.2) is 12.1 Å². The number of morpholine rings is 1. The van der Waals surface area contributed by atoms with Crippen LogP contribution in [0.5, 0.6) is 0 Å². The maximum Gasteiger partial charge on any atom is 0.241 e. The van der Waals surface area contributed by atoms with Crippen LogP contribution in [0.1, 0.15) is 12.6 Å². The molecular formula is C13H21ClN4O2. The number of pyridine rings is 1. The lowest BCUT2D eigenvalue weighted by Crippen LogP contribution is -2.37. The van der Waals surface area contributed by atoms with Crippen molar-refractivity contribution in [3.05, 3.63) is 17.8 Å². The third kappa shape index (κ3) is 4.06. The maximum atomic E-state index is 11.6. The predicted molar refractivity (Wildman–Crippen MR) is 81.5 cm³/mol. The number of rotatable bonds is 3. The summed E-state index contributed by atoms with van der Waals surface area (Å²) >= 11 is 0. The minimum Gasteiger partial charge on any atom is -0.378 e. The third-order valence-electron chi connectivity index (χ3n) is 3.08. The van der Waals surface area contributed by atoms with Gasteiger partial charge in [-0.05, 0) is 26.0 Å². The Morgan fingerprint density at radius 2 is 2.10 bits per heavy atom. The first-order valence-corrected chi connectivity index (χ1v) is 6.44. The largest absolute Gasteiger partial charge is 0.378 e. The van der Waals surface area contributed by atoms with Crippen molar-refractivity contribution < 1.29 is 9.53 Å². The molecule has 0 aliphatic carbocycles. The molecule has 20 heavy (non-hydrogen) atoms. The van der Waals surface area contributed by atoms with Gasteiger partial charge in [0.25, 0.3) is 0 Å². The molecule has 0 unspecified atom stereocenters. The minimum atomic E-state index is -0.529. The highest BCUT2D eigenvalue weighted by atomic mass is 35.5. The molecule has 0 aromatic carbocycles. The van der Waals surface area contributed by atoms with E-state index in [2.05, 4.69) is 15.2 Å². The van der Waals surface area contributed by atoms with Gasteiger partial charge in [0.15, 0.2) is 0 Å². The molecule has 3 N–H and O–H groups in total. The van der Waals surface area contributed by atoms with Crippen molar-refractivity contribution in [1.29, 1.82) is 0 Å². The fraction of sp³-hybridized carbons (Fsp3) is 0.538. The number of nitrogens with one attached hydrogen (secondary N) is 1. The Bertz CT molecular complexity index is 462. The Morgan fingerprint density at radius 1 is 1.45 bits per heavy atom. The summed E-state index contributed by atoms with van der Waals surface area (Å²) in [5.74, 6) is 0.712. The molecular weight excluding hydrogens is 280 g/mol. The number of halogens is 1. The molecule has 0 spiro atoms. The number of carbonyl (C=O) groups is 1. The summed E-state index contributed by atoms with van der Waals surface area (Å²) in [6.45, 7) is 6.67. The summed E-state index contributed by atoms with van der Waals surface area (Å²) in [6.07, 6.45) is 0. The van der Waals surface area contributed by atoms with Crippen LogP contribution in [0.2, 0.25) is 0 Å². The molecule has 0 bridgehead atoms. The lowest BCUT2D eigenvalue weighted by molar-refractivity contribution is -0.117. The van der Waals surface area contributed by atoms with E-state index in [-0.39, 0.29) is 18.3 Å². The van der Waals surface area contributed by atoms with Gasteiger partial charge in [0.05, 0.1) is 30.6 Å². The topological polar surface area (TPSA) is 80.5 Å². The van der Waals surface area contributed by atoms with E-state index in [0.717, 1.165) is 37.8 Å². The van der Waals surface area contributed by atoms with E-state index in [1.54, 1.807) is 6.92 Å². The molecule has 0 radical (unpaired) electrons. The van der Waals surface area contributed by atoms with E-state index < -0.39 is 6.04 Å². The van der Waals surface area contributed by atoms with Gasteiger partial charge in [-0.1, -0.05) is 0 Å². The van der Waals surface area contributed by atoms with Crippen LogP contribution >= 0.6 is 12.4 Å². The van der Waals surface area contributed by atoms with Crippen LogP contribution in [0.25, 0.3) is 0 Å². The zero-order valence-corrected chi connectivity index (χ0v) is 12.6. The lowest BCUT2D eigenvalue weighted by Gasteiger charge is -2.28. The fourth-order valence-electron chi connectivity index (χ4n) is 1.90. The molecule has 6 nitrogen and oxygen atoms in total. The highest BCUT2D eigenvalue weighted by molar-refractivity contribution is 5.94. The SMILES string of the molecule is Cc1nc(N2CCOCC2)ccc1NC(=O)[C@@H](C)N.Cl. The van der Waals surface area contributed by atoms with E-state index in [9.17, 15) is 4.79 Å². The Hall–Kier alpha value is -1.37. The number of hydrogen-bond donors (Lipinski definition) is 2. The summed E-state index contributed by atoms with van der Waals surface area (Å²) in [7, 11) is 0. The molecule has 0 saturated carbocycles. The minimum absolute atomic E-state index is 0. The number of ether oxygens (including phenoxy) is 1. The van der Waals surface area contributed by atoms with Crippen LogP contribution < -0.4 is 16.0 Å². The van der Waals surface area contributed by atoms with Gasteiger partial charge in [-0.25, -0.2) is 4.98 Å². The highest BCUT2D eigenvalue weighted by Gasteiger charge is 2.14. The predicted octanol–water partition coefficient (Wildman–Crippen LogP) is 0.934. The van der Waals surface area contributed by atoms with E-state index in [4.69, 9.17) is 10.5 Å². The smallest absolute Gasteiger partial charge is 0.241 e. The van der Waals surface area contributed by atoms with Gasteiger partial charge in [0.1, 0.15) is 5.82 Å². The average molecular weight is 301 g/mol. The molecule has 1 aliphatic heterocycles. The second-order valence-corrected chi connectivity index (χ2v) is 4.68. The van der Waals surface area contributed by atoms with Crippen molar-refractivity contribution in [1.82, 2.24) is 4.98 Å². The monoisotopic (exact) mass is 300 g/mol. The molecule has 1 saturated heterocycles. The standard InChI is InChI=1S/C13H20N4O2.ClH/c1-9(14)13(18)16-11-3-4-12(15-10(11)2)17-5-7-19-8-6-17;/h3-4,9H,5-8,14H2,1-2H3,(H,16,18);1H/t9-;/m1./s1. The van der Waals surface area contributed by atoms with E-state index >= 15 is 0 Å². The van der Waals surface area contributed by atoms with Gasteiger partial charge >= 0.3 is 0 Å². The van der Waals surface area contributed by atoms with Crippen molar-refractivity contribution in [3.63, 3.8) is 0 Å². The number of aryl methyl sites for hydroxylation is 1. The Morgan fingerprint density at radius 3 is 2.65 bits per heavy atom. The van der Waals surface area contributed by atoms with Gasteiger partial charge < -0.3 is 20.7 Å². The van der Waals surface area contributed by atoms with Crippen molar-refractivity contribution >= 4 is 29.8 Å². The van der Waals surface area contributed by atoms with Crippen LogP contribution in [0, 0.1) is 6.92 Å². The number of nitrogens with zero attached hydrogens (tertiary/aromatic N) is 2. The zero-order chi connectivity index (χ0) is 13.8. The molecule has 1 aromatic rings. The van der Waals surface area contributed by atoms with Crippen molar-refractivity contribution in [2.75, 3.05) is 36.5 Å². The van der Waals surface area contributed by atoms with Gasteiger partial charge in [0.2, 0.25) is 5.91 Å². The fourth-order valence-corrected chi connectivity index (χ4v) is 1.90. The summed E-state index contributed by atoms with van der Waals surface area (Å²) in [4.78, 5) is 18.3. The van der Waals surface area contributed by atoms with Crippen molar-refractivity contribution in [2.24, 2.45) is 5.73 Å². The Kier molecular flexibility index (Phi) is 6.19. The van der Waals surface area contributed by atoms with E-state index in [1.807, 2.05) is 19.1 Å². The summed E-state index contributed by atoms with van der Waals surface area (Å²) in [5.41, 5.74) is 7.02. The molecule has 2 rings (SSSR count). The molecule has 1 aromatic heterocycles. The van der Waals surface area contributed by atoms with Crippen molar-refractivity contribution in [3.8, 4) is 0 Å². The second kappa shape index (κ2) is 7.42. The first-order chi connectivity index (χ1) is 9.08. The Labute approximate surface area is 125 Å². The first-order valence-electron chi connectivity index (χ1n) is 6.44. The van der Waals surface area contributed by atoms with Gasteiger partial charge in [-0.2, -0.15) is 0 Å². The van der Waals surface area contributed by atoms with Gasteiger partial charge in [-0.3, -0.25) is 4.79 Å². The molecule has 2 heterocycles. The molecule has 1 atom stereocenters. The molecule has 1 amide bonds. The van der Waals surface area contributed by atoms with E-state index in [1.165, 1.54) is 0 Å². The molecule has 1 aliphatic rings. The molecule has 7 heteroatoms. The summed E-state index contributed by atoms with van der Waals surface area (Å²) in [5, 5.41) is 2.77. The quantitative estimate of drug-likeness (QED) is 0.868. The van der Waals surface area contributed by atoms with Crippen LogP contribution in [-0.4, -0.2) is 43.2 Å². The van der Waals surface area contributed by atoms with Gasteiger partial charge in [0, 0.05) is 13.1 Å². The Balaban J connectivity index is 0.00000200. The van der Waals surface area contributed by atoms with Crippen molar-refractivity contribution in [2.45, 2.75) is 19.9 Å². The molecule has 112 valence electrons. The summed E-state index contributed by atoms with van der Waals surface area (Å²) < 4.78 is 5.31. The third-order valence-corrected chi connectivity index (χ3v) is 3.08. The number of aromatic nitrogens is 1.